The lowest BCUT2D eigenvalue weighted by molar-refractivity contribution is 0.415. The van der Waals surface area contributed by atoms with E-state index in [4.69, 9.17) is 10.5 Å². The number of nitrogens with two attached hydrogens (primary N) is 1. The van der Waals surface area contributed by atoms with E-state index in [1.165, 1.54) is 11.1 Å². The van der Waals surface area contributed by atoms with E-state index in [-0.39, 0.29) is 29.9 Å². The summed E-state index contributed by atoms with van der Waals surface area (Å²) < 4.78 is 5.16. The van der Waals surface area contributed by atoms with Gasteiger partial charge in [0.25, 0.3) is 0 Å². The molecule has 140 valence electrons. The molecule has 0 amide bonds. The molecule has 4 nitrogen and oxygen atoms in total. The lowest BCUT2D eigenvalue weighted by atomic mass is 9.91. The Morgan fingerprint density at radius 2 is 1.41 bits per heavy atom. The van der Waals surface area contributed by atoms with Gasteiger partial charge >= 0.3 is 0 Å². The molecule has 3 rings (SSSR count). The standard InChI is InChI=1S/C22H23N3O.HI/c1-26-20-14-12-19(13-15-20)25-22(23)24-16-21(17-8-4-2-5-9-17)18-10-6-3-7-11-18;/h2-15,21H,16H2,1H3,(H3,23,24,25);1H. The second-order valence-electron chi connectivity index (χ2n) is 5.95. The van der Waals surface area contributed by atoms with Gasteiger partial charge in [0, 0.05) is 11.6 Å². The van der Waals surface area contributed by atoms with Crippen molar-refractivity contribution in [1.82, 2.24) is 0 Å². The Morgan fingerprint density at radius 1 is 0.889 bits per heavy atom. The van der Waals surface area contributed by atoms with Crippen molar-refractivity contribution in [2.24, 2.45) is 10.7 Å². The van der Waals surface area contributed by atoms with Crippen LogP contribution in [0, 0.1) is 0 Å². The summed E-state index contributed by atoms with van der Waals surface area (Å²) in [5.74, 6) is 1.36. The van der Waals surface area contributed by atoms with Crippen molar-refractivity contribution in [2.75, 3.05) is 19.0 Å². The van der Waals surface area contributed by atoms with Crippen molar-refractivity contribution in [3.05, 3.63) is 96.1 Å². The van der Waals surface area contributed by atoms with Crippen LogP contribution in [-0.2, 0) is 0 Å². The minimum Gasteiger partial charge on any atom is -0.497 e. The van der Waals surface area contributed by atoms with Crippen LogP contribution in [0.2, 0.25) is 0 Å². The van der Waals surface area contributed by atoms with Crippen molar-refractivity contribution < 1.29 is 4.74 Å². The summed E-state index contributed by atoms with van der Waals surface area (Å²) in [6.45, 7) is 0.572. The zero-order chi connectivity index (χ0) is 18.2. The van der Waals surface area contributed by atoms with Gasteiger partial charge in [0.2, 0.25) is 0 Å². The Hall–Kier alpha value is -2.54. The van der Waals surface area contributed by atoms with Crippen LogP contribution in [0.5, 0.6) is 5.75 Å². The normalized spacial score (nSPS) is 11.0. The molecule has 27 heavy (non-hydrogen) atoms. The largest absolute Gasteiger partial charge is 0.497 e. The van der Waals surface area contributed by atoms with E-state index in [0.717, 1.165) is 11.4 Å². The van der Waals surface area contributed by atoms with Crippen LogP contribution in [0.15, 0.2) is 89.9 Å². The van der Waals surface area contributed by atoms with Gasteiger partial charge in [0.05, 0.1) is 13.7 Å². The highest BCUT2D eigenvalue weighted by molar-refractivity contribution is 14.0. The predicted octanol–water partition coefficient (Wildman–Crippen LogP) is 4.87. The topological polar surface area (TPSA) is 59.6 Å². The number of aliphatic imine (C=N–C) groups is 1. The smallest absolute Gasteiger partial charge is 0.193 e. The molecule has 0 saturated carbocycles. The summed E-state index contributed by atoms with van der Waals surface area (Å²) in [5, 5.41) is 3.12. The minimum atomic E-state index is 0. The van der Waals surface area contributed by atoms with Gasteiger partial charge in [-0.3, -0.25) is 4.99 Å². The maximum Gasteiger partial charge on any atom is 0.193 e. The molecular formula is C22H24IN3O. The molecule has 0 saturated heterocycles. The number of hydrogen-bond donors (Lipinski definition) is 2. The van der Waals surface area contributed by atoms with Crippen molar-refractivity contribution in [1.29, 1.82) is 0 Å². The summed E-state index contributed by atoms with van der Waals surface area (Å²) >= 11 is 0. The highest BCUT2D eigenvalue weighted by atomic mass is 127. The van der Waals surface area contributed by atoms with Crippen LogP contribution in [0.4, 0.5) is 5.69 Å². The van der Waals surface area contributed by atoms with Gasteiger partial charge in [-0.15, -0.1) is 24.0 Å². The fourth-order valence-corrected chi connectivity index (χ4v) is 2.83. The van der Waals surface area contributed by atoms with Gasteiger partial charge in [0.1, 0.15) is 5.75 Å². The summed E-state index contributed by atoms with van der Waals surface area (Å²) in [6.07, 6.45) is 0. The zero-order valence-corrected chi connectivity index (χ0v) is 17.5. The molecular weight excluding hydrogens is 449 g/mol. The van der Waals surface area contributed by atoms with Gasteiger partial charge in [0.15, 0.2) is 5.96 Å². The fraction of sp³-hybridized carbons (Fsp3) is 0.136. The molecule has 3 N–H and O–H groups in total. The maximum atomic E-state index is 6.09. The van der Waals surface area contributed by atoms with Crippen LogP contribution in [0.3, 0.4) is 0 Å². The molecule has 0 spiro atoms. The quantitative estimate of drug-likeness (QED) is 0.305. The minimum absolute atomic E-state index is 0. The summed E-state index contributed by atoms with van der Waals surface area (Å²) in [6, 6.07) is 28.3. The molecule has 0 atom stereocenters. The summed E-state index contributed by atoms with van der Waals surface area (Å²) in [5.41, 5.74) is 9.41. The van der Waals surface area contributed by atoms with Crippen molar-refractivity contribution in [3.8, 4) is 5.75 Å². The molecule has 0 aliphatic rings. The first-order valence-electron chi connectivity index (χ1n) is 8.57. The Morgan fingerprint density at radius 3 is 1.89 bits per heavy atom. The Bertz CT molecular complexity index is 797. The molecule has 3 aromatic rings. The third-order valence-electron chi connectivity index (χ3n) is 4.21. The van der Waals surface area contributed by atoms with Crippen molar-refractivity contribution >= 4 is 35.6 Å². The first kappa shape index (κ1) is 20.8. The van der Waals surface area contributed by atoms with E-state index in [1.807, 2.05) is 60.7 Å². The zero-order valence-electron chi connectivity index (χ0n) is 15.2. The number of guanidine groups is 1. The Kier molecular flexibility index (Phi) is 8.13. The average Bonchev–Trinajstić information content (AvgIpc) is 2.70. The number of nitrogens with zero attached hydrogens (tertiary/aromatic N) is 1. The number of ether oxygens (including phenoxy) is 1. The molecule has 0 aromatic heterocycles. The van der Waals surface area contributed by atoms with Crippen LogP contribution in [0.25, 0.3) is 0 Å². The van der Waals surface area contributed by atoms with Gasteiger partial charge in [-0.05, 0) is 35.4 Å². The SMILES string of the molecule is COc1ccc(NC(N)=NCC(c2ccccc2)c2ccccc2)cc1.I. The third-order valence-corrected chi connectivity index (χ3v) is 4.21. The van der Waals surface area contributed by atoms with E-state index in [1.54, 1.807) is 7.11 Å². The first-order valence-corrected chi connectivity index (χ1v) is 8.57. The number of halogens is 1. The number of rotatable bonds is 6. The highest BCUT2D eigenvalue weighted by Crippen LogP contribution is 2.24. The Labute approximate surface area is 177 Å². The maximum absolute atomic E-state index is 6.09. The summed E-state index contributed by atoms with van der Waals surface area (Å²) in [4.78, 5) is 4.57. The molecule has 0 fully saturated rings. The molecule has 0 aliphatic heterocycles. The fourth-order valence-electron chi connectivity index (χ4n) is 2.83. The average molecular weight is 473 g/mol. The van der Waals surface area contributed by atoms with Crippen molar-refractivity contribution in [2.45, 2.75) is 5.92 Å². The molecule has 0 unspecified atom stereocenters. The molecule has 0 aliphatic carbocycles. The molecule has 3 aromatic carbocycles. The monoisotopic (exact) mass is 473 g/mol. The Balaban J connectivity index is 0.00000261. The third kappa shape index (κ3) is 5.99. The first-order chi connectivity index (χ1) is 12.8. The highest BCUT2D eigenvalue weighted by Gasteiger charge is 2.13. The molecule has 0 radical (unpaired) electrons. The second kappa shape index (κ2) is 10.6. The van der Waals surface area contributed by atoms with E-state index in [2.05, 4.69) is 34.6 Å². The predicted molar refractivity (Wildman–Crippen MR) is 123 cm³/mol. The van der Waals surface area contributed by atoms with Gasteiger partial charge in [-0.25, -0.2) is 0 Å². The number of benzene rings is 3. The van der Waals surface area contributed by atoms with Gasteiger partial charge in [-0.2, -0.15) is 0 Å². The van der Waals surface area contributed by atoms with Crippen LogP contribution in [0.1, 0.15) is 17.0 Å². The van der Waals surface area contributed by atoms with Gasteiger partial charge < -0.3 is 15.8 Å². The van der Waals surface area contributed by atoms with E-state index in [9.17, 15) is 0 Å². The van der Waals surface area contributed by atoms with Gasteiger partial charge in [-0.1, -0.05) is 60.7 Å². The van der Waals surface area contributed by atoms with Crippen LogP contribution >= 0.6 is 24.0 Å². The lowest BCUT2D eigenvalue weighted by Gasteiger charge is -2.16. The van der Waals surface area contributed by atoms with E-state index in [0.29, 0.717) is 12.5 Å². The number of hydrogen-bond acceptors (Lipinski definition) is 2. The number of anilines is 1. The molecule has 0 heterocycles. The van der Waals surface area contributed by atoms with E-state index < -0.39 is 0 Å². The van der Waals surface area contributed by atoms with Crippen LogP contribution < -0.4 is 15.8 Å². The van der Waals surface area contributed by atoms with Crippen molar-refractivity contribution in [3.63, 3.8) is 0 Å². The number of methoxy groups -OCH3 is 1. The van der Waals surface area contributed by atoms with Crippen LogP contribution in [-0.4, -0.2) is 19.6 Å². The number of nitrogens with one attached hydrogen (secondary N) is 1. The lowest BCUT2D eigenvalue weighted by Crippen LogP contribution is -2.23. The molecule has 0 bridgehead atoms. The van der Waals surface area contributed by atoms with E-state index >= 15 is 0 Å². The second-order valence-corrected chi connectivity index (χ2v) is 5.95. The molecule has 5 heteroatoms. The summed E-state index contributed by atoms with van der Waals surface area (Å²) in [7, 11) is 1.64.